The van der Waals surface area contributed by atoms with Crippen LogP contribution in [0.4, 0.5) is 0 Å². The summed E-state index contributed by atoms with van der Waals surface area (Å²) in [7, 11) is 0. The molecule has 0 radical (unpaired) electrons. The van der Waals surface area contributed by atoms with Crippen molar-refractivity contribution in [3.63, 3.8) is 0 Å². The molecule has 4 aliphatic heterocycles. The highest BCUT2D eigenvalue weighted by Gasteiger charge is 2.51. The van der Waals surface area contributed by atoms with E-state index in [1.165, 1.54) is 0 Å². The van der Waals surface area contributed by atoms with Crippen LogP contribution in [0.15, 0.2) is 36.4 Å². The zero-order valence-electron chi connectivity index (χ0n) is 36.5. The number of benzene rings is 2. The van der Waals surface area contributed by atoms with E-state index in [4.69, 9.17) is 23.2 Å². The maximum absolute atomic E-state index is 13.4. The molecule has 6 heterocycles. The Hall–Kier alpha value is -4.10. The van der Waals surface area contributed by atoms with Gasteiger partial charge >= 0.3 is 0 Å². The molecule has 0 aliphatic carbocycles. The van der Waals surface area contributed by atoms with Crippen LogP contribution >= 0.6 is 23.2 Å². The molecule has 0 saturated carbocycles. The Morgan fingerprint density at radius 1 is 0.700 bits per heavy atom. The number of amides is 4. The van der Waals surface area contributed by atoms with Crippen molar-refractivity contribution in [2.24, 2.45) is 11.8 Å². The highest BCUT2D eigenvalue weighted by atomic mass is 35.5. The lowest BCUT2D eigenvalue weighted by atomic mass is 9.84. The second-order valence-corrected chi connectivity index (χ2v) is 19.6. The van der Waals surface area contributed by atoms with Gasteiger partial charge in [0.05, 0.1) is 33.8 Å². The third kappa shape index (κ3) is 9.08. The van der Waals surface area contributed by atoms with Crippen LogP contribution in [0.5, 0.6) is 0 Å². The van der Waals surface area contributed by atoms with Crippen LogP contribution in [-0.4, -0.2) is 89.0 Å². The van der Waals surface area contributed by atoms with Crippen molar-refractivity contribution in [1.29, 1.82) is 0 Å². The van der Waals surface area contributed by atoms with Crippen molar-refractivity contribution in [2.75, 3.05) is 0 Å². The van der Waals surface area contributed by atoms with Gasteiger partial charge in [0.25, 0.3) is 0 Å². The van der Waals surface area contributed by atoms with Gasteiger partial charge in [0, 0.05) is 58.4 Å². The summed E-state index contributed by atoms with van der Waals surface area (Å²) < 4.78 is 0. The Morgan fingerprint density at radius 2 is 1.17 bits per heavy atom. The fourth-order valence-electron chi connectivity index (χ4n) is 9.51. The number of nitrogens with one attached hydrogen (secondary N) is 4. The van der Waals surface area contributed by atoms with E-state index in [9.17, 15) is 29.4 Å². The third-order valence-corrected chi connectivity index (χ3v) is 12.3. The lowest BCUT2D eigenvalue weighted by molar-refractivity contribution is -0.155. The van der Waals surface area contributed by atoms with Crippen molar-refractivity contribution in [3.05, 3.63) is 69.0 Å². The molecule has 0 spiro atoms. The van der Waals surface area contributed by atoms with Gasteiger partial charge in [-0.05, 0) is 87.8 Å². The first-order valence-corrected chi connectivity index (χ1v) is 22.2. The predicted molar refractivity (Wildman–Crippen MR) is 237 cm³/mol. The maximum Gasteiger partial charge on any atom is 0.246 e. The number of hydrogen-bond donors (Lipinski definition) is 6. The van der Waals surface area contributed by atoms with Gasteiger partial charge in [0.1, 0.15) is 24.2 Å². The number of piperazine rings is 2. The molecule has 6 atom stereocenters. The average molecular weight is 866 g/mol. The average Bonchev–Trinajstić information content (AvgIpc) is 3.71. The SMILES string of the molecule is CC.CC(C)CC1c2[nH]c3c(Cl)cccc3c2CC2C(=O)NC(CC(C)(C)O)C(=O)N21.CC(C)CC1c2[nH]c3ccc(Cl)cc3c2CC2C(=O)NC(CC(C)(C)O)C(=O)N21. The number of hydrogen-bond acceptors (Lipinski definition) is 6. The summed E-state index contributed by atoms with van der Waals surface area (Å²) in [4.78, 5) is 63.3. The van der Waals surface area contributed by atoms with Crippen molar-refractivity contribution >= 4 is 68.6 Å². The van der Waals surface area contributed by atoms with E-state index in [-0.39, 0.29) is 48.6 Å². The number of aromatic amines is 2. The Morgan fingerprint density at radius 3 is 1.63 bits per heavy atom. The first kappa shape index (κ1) is 45.4. The lowest BCUT2D eigenvalue weighted by Gasteiger charge is -2.47. The molecule has 2 aromatic heterocycles. The van der Waals surface area contributed by atoms with E-state index >= 15 is 0 Å². The molecule has 12 nitrogen and oxygen atoms in total. The molecule has 0 bridgehead atoms. The minimum absolute atomic E-state index is 0.121. The first-order chi connectivity index (χ1) is 28.1. The van der Waals surface area contributed by atoms with Gasteiger partial charge < -0.3 is 40.6 Å². The highest BCUT2D eigenvalue weighted by Crippen LogP contribution is 2.45. The second-order valence-electron chi connectivity index (χ2n) is 18.8. The van der Waals surface area contributed by atoms with Gasteiger partial charge in [0.2, 0.25) is 23.6 Å². The van der Waals surface area contributed by atoms with Gasteiger partial charge in [-0.1, -0.05) is 76.9 Å². The number of para-hydroxylation sites is 1. The molecule has 4 aliphatic rings. The Kier molecular flexibility index (Phi) is 13.1. The van der Waals surface area contributed by atoms with Crippen LogP contribution in [0.3, 0.4) is 0 Å². The van der Waals surface area contributed by atoms with E-state index in [1.54, 1.807) is 37.5 Å². The van der Waals surface area contributed by atoms with Crippen LogP contribution < -0.4 is 10.6 Å². The molecule has 4 amide bonds. The molecule has 8 rings (SSSR count). The van der Waals surface area contributed by atoms with Crippen LogP contribution in [0, 0.1) is 11.8 Å². The number of aromatic nitrogens is 2. The molecule has 6 unspecified atom stereocenters. The molecule has 2 saturated heterocycles. The maximum atomic E-state index is 13.4. The van der Waals surface area contributed by atoms with E-state index in [0.29, 0.717) is 34.7 Å². The van der Waals surface area contributed by atoms with Gasteiger partial charge in [-0.25, -0.2) is 0 Å². The van der Waals surface area contributed by atoms with E-state index in [2.05, 4.69) is 48.3 Å². The Labute approximate surface area is 363 Å². The monoisotopic (exact) mass is 864 g/mol. The molecular formula is C46H62Cl2N6O6. The zero-order chi connectivity index (χ0) is 44.2. The predicted octanol–water partition coefficient (Wildman–Crippen LogP) is 7.67. The zero-order valence-corrected chi connectivity index (χ0v) is 38.0. The van der Waals surface area contributed by atoms with E-state index in [0.717, 1.165) is 57.2 Å². The summed E-state index contributed by atoms with van der Waals surface area (Å²) in [6.45, 7) is 19.1. The largest absolute Gasteiger partial charge is 0.390 e. The molecule has 326 valence electrons. The topological polar surface area (TPSA) is 171 Å². The summed E-state index contributed by atoms with van der Waals surface area (Å²) in [5.41, 5.74) is 3.83. The molecule has 14 heteroatoms. The third-order valence-electron chi connectivity index (χ3n) is 11.8. The van der Waals surface area contributed by atoms with Crippen LogP contribution in [0.2, 0.25) is 10.0 Å². The number of halogens is 2. The fourth-order valence-corrected chi connectivity index (χ4v) is 9.90. The van der Waals surface area contributed by atoms with Crippen molar-refractivity contribution in [3.8, 4) is 0 Å². The van der Waals surface area contributed by atoms with Gasteiger partial charge in [0.15, 0.2) is 0 Å². The normalized spacial score (nSPS) is 23.9. The molecule has 2 aromatic carbocycles. The number of nitrogens with zero attached hydrogens (tertiary/aromatic N) is 2. The number of rotatable bonds is 8. The summed E-state index contributed by atoms with van der Waals surface area (Å²) in [5.74, 6) is 0.109. The van der Waals surface area contributed by atoms with Crippen LogP contribution in [0.25, 0.3) is 21.8 Å². The van der Waals surface area contributed by atoms with Crippen LogP contribution in [-0.2, 0) is 32.0 Å². The highest BCUT2D eigenvalue weighted by molar-refractivity contribution is 6.35. The summed E-state index contributed by atoms with van der Waals surface area (Å²) >= 11 is 12.6. The number of H-pyrrole nitrogens is 2. The molecular weight excluding hydrogens is 803 g/mol. The smallest absolute Gasteiger partial charge is 0.246 e. The summed E-state index contributed by atoms with van der Waals surface area (Å²) in [6.07, 6.45) is 2.76. The quantitative estimate of drug-likeness (QED) is 0.106. The van der Waals surface area contributed by atoms with Crippen LogP contribution in [0.1, 0.15) is 130 Å². The van der Waals surface area contributed by atoms with Gasteiger partial charge in [-0.15, -0.1) is 0 Å². The second kappa shape index (κ2) is 17.3. The lowest BCUT2D eigenvalue weighted by Crippen LogP contribution is -2.66. The van der Waals surface area contributed by atoms with E-state index < -0.39 is 35.4 Å². The Balaban J connectivity index is 0.000000193. The summed E-state index contributed by atoms with van der Waals surface area (Å²) in [5, 5.41) is 29.5. The first-order valence-electron chi connectivity index (χ1n) is 21.4. The fraction of sp³-hybridized carbons (Fsp3) is 0.565. The van der Waals surface area contributed by atoms with Crippen molar-refractivity contribution in [2.45, 2.75) is 155 Å². The molecule has 4 aromatic rings. The number of carbonyl (C=O) groups excluding carboxylic acids is 4. The minimum Gasteiger partial charge on any atom is -0.390 e. The van der Waals surface area contributed by atoms with Gasteiger partial charge in [-0.2, -0.15) is 0 Å². The number of fused-ring (bicyclic) bond motifs is 8. The molecule has 6 N–H and O–H groups in total. The number of aliphatic hydroxyl groups is 2. The van der Waals surface area contributed by atoms with Crippen molar-refractivity contribution < 1.29 is 29.4 Å². The minimum atomic E-state index is -1.05. The van der Waals surface area contributed by atoms with E-state index in [1.807, 2.05) is 50.2 Å². The van der Waals surface area contributed by atoms with Gasteiger partial charge in [-0.3, -0.25) is 19.2 Å². The molecule has 2 fully saturated rings. The Bertz CT molecular complexity index is 2250. The van der Waals surface area contributed by atoms with Crippen molar-refractivity contribution in [1.82, 2.24) is 30.4 Å². The molecule has 60 heavy (non-hydrogen) atoms. The number of carbonyl (C=O) groups is 4. The summed E-state index contributed by atoms with van der Waals surface area (Å²) in [6, 6.07) is 8.51. The standard InChI is InChI=1S/2C22H28ClN3O3.C2H6/c1-11(2)7-17-19-14(13-8-12(23)5-6-15(13)24-19)9-18-20(27)25-16(10-22(3,4)29)21(28)26(17)18;1-11(2)8-16-19-13(12-6-5-7-14(23)18(12)25-19)9-17-20(27)24-15(10-22(3,4)29)21(28)26(16)17;1-2/h5-6,8,11,16-18,24,29H,7,9-10H2,1-4H3,(H,25,27);5-7,11,15-17,25,29H,8-10H2,1-4H3,(H,24,27);1-2H3.